The van der Waals surface area contributed by atoms with Gasteiger partial charge in [-0.15, -0.1) is 0 Å². The van der Waals surface area contributed by atoms with E-state index in [1.807, 2.05) is 0 Å². The second-order valence-corrected chi connectivity index (χ2v) is 3.65. The van der Waals surface area contributed by atoms with E-state index in [1.54, 1.807) is 38.3 Å². The van der Waals surface area contributed by atoms with Gasteiger partial charge in [-0.1, -0.05) is 0 Å². The van der Waals surface area contributed by atoms with Gasteiger partial charge in [-0.05, 0) is 25.1 Å². The van der Waals surface area contributed by atoms with E-state index in [0.717, 1.165) is 5.39 Å². The van der Waals surface area contributed by atoms with E-state index in [9.17, 15) is 4.79 Å². The summed E-state index contributed by atoms with van der Waals surface area (Å²) in [4.78, 5) is 11.7. The van der Waals surface area contributed by atoms with Crippen LogP contribution in [0, 0.1) is 18.3 Å². The highest BCUT2D eigenvalue weighted by atomic mass is 16.5. The largest absolute Gasteiger partial charge is 0.497 e. The Morgan fingerprint density at radius 3 is 2.94 bits per heavy atom. The molecule has 0 bridgehead atoms. The fourth-order valence-electron chi connectivity index (χ4n) is 1.69. The summed E-state index contributed by atoms with van der Waals surface area (Å²) >= 11 is 0. The summed E-state index contributed by atoms with van der Waals surface area (Å²) in [7, 11) is 1.57. The maximum atomic E-state index is 11.7. The summed E-state index contributed by atoms with van der Waals surface area (Å²) in [5.74, 6) is 0.168. The minimum absolute atomic E-state index is 0.119. The molecule has 0 aliphatic carbocycles. The van der Waals surface area contributed by atoms with Gasteiger partial charge in [-0.3, -0.25) is 0 Å². The first-order valence-corrected chi connectivity index (χ1v) is 5.28. The van der Waals surface area contributed by atoms with Crippen LogP contribution in [0.4, 0.5) is 0 Å². The summed E-state index contributed by atoms with van der Waals surface area (Å²) in [5.41, 5.74) is 1.25. The Morgan fingerprint density at radius 1 is 1.50 bits per heavy atom. The van der Waals surface area contributed by atoms with E-state index in [-0.39, 0.29) is 12.4 Å². The first kappa shape index (κ1) is 12.0. The van der Waals surface area contributed by atoms with Gasteiger partial charge in [0, 0.05) is 10.9 Å². The number of ether oxygens (including phenoxy) is 2. The number of methoxy groups -OCH3 is 1. The van der Waals surface area contributed by atoms with Crippen LogP contribution in [0.5, 0.6) is 5.75 Å². The number of nitriles is 1. The number of carbonyl (C=O) groups is 1. The molecule has 0 atom stereocenters. The van der Waals surface area contributed by atoms with Gasteiger partial charge in [0.1, 0.15) is 17.4 Å². The lowest BCUT2D eigenvalue weighted by Crippen LogP contribution is -2.05. The van der Waals surface area contributed by atoms with Crippen LogP contribution < -0.4 is 4.74 Å². The van der Waals surface area contributed by atoms with Gasteiger partial charge in [0.15, 0.2) is 6.61 Å². The molecule has 5 heteroatoms. The molecule has 0 aliphatic heterocycles. The molecule has 0 fully saturated rings. The maximum absolute atomic E-state index is 11.7. The first-order valence-electron chi connectivity index (χ1n) is 5.28. The highest BCUT2D eigenvalue weighted by Crippen LogP contribution is 2.29. The number of aryl methyl sites for hydroxylation is 1. The zero-order chi connectivity index (χ0) is 13.1. The van der Waals surface area contributed by atoms with Gasteiger partial charge in [0.05, 0.1) is 7.11 Å². The minimum atomic E-state index is -0.635. The third-order valence-electron chi connectivity index (χ3n) is 2.60. The van der Waals surface area contributed by atoms with Crippen molar-refractivity contribution < 1.29 is 18.7 Å². The lowest BCUT2D eigenvalue weighted by molar-refractivity contribution is 0.0520. The number of nitrogens with zero attached hydrogens (tertiary/aromatic N) is 1. The van der Waals surface area contributed by atoms with Gasteiger partial charge >= 0.3 is 5.97 Å². The molecule has 0 saturated carbocycles. The van der Waals surface area contributed by atoms with Gasteiger partial charge in [0.25, 0.3) is 0 Å². The monoisotopic (exact) mass is 245 g/mol. The number of fused-ring (bicyclic) bond motifs is 1. The number of rotatable bonds is 3. The quantitative estimate of drug-likeness (QED) is 0.776. The van der Waals surface area contributed by atoms with Crippen molar-refractivity contribution in [2.75, 3.05) is 13.7 Å². The van der Waals surface area contributed by atoms with Crippen LogP contribution in [0.2, 0.25) is 0 Å². The van der Waals surface area contributed by atoms with Crippen molar-refractivity contribution in [3.63, 3.8) is 0 Å². The lowest BCUT2D eigenvalue weighted by Gasteiger charge is -1.98. The fourth-order valence-corrected chi connectivity index (χ4v) is 1.69. The van der Waals surface area contributed by atoms with Gasteiger partial charge in [-0.2, -0.15) is 5.26 Å². The van der Waals surface area contributed by atoms with Crippen molar-refractivity contribution in [2.45, 2.75) is 6.92 Å². The number of carbonyl (C=O) groups excluding carboxylic acids is 1. The normalized spacial score (nSPS) is 10.1. The van der Waals surface area contributed by atoms with E-state index in [4.69, 9.17) is 19.2 Å². The first-order chi connectivity index (χ1) is 8.67. The average Bonchev–Trinajstić information content (AvgIpc) is 2.73. The van der Waals surface area contributed by atoms with Crippen LogP contribution >= 0.6 is 0 Å². The second kappa shape index (κ2) is 4.80. The van der Waals surface area contributed by atoms with E-state index in [2.05, 4.69) is 0 Å². The molecule has 18 heavy (non-hydrogen) atoms. The molecule has 0 radical (unpaired) electrons. The van der Waals surface area contributed by atoms with Crippen molar-refractivity contribution >= 4 is 16.9 Å². The SMILES string of the molecule is COc1ccc2oc(C(=O)OCC#N)c(C)c2c1. The van der Waals surface area contributed by atoms with Crippen LogP contribution in [-0.4, -0.2) is 19.7 Å². The van der Waals surface area contributed by atoms with Crippen LogP contribution in [0.1, 0.15) is 16.1 Å². The standard InChI is InChI=1S/C13H11NO4/c1-8-10-7-9(16-2)3-4-11(10)18-12(8)13(15)17-6-5-14/h3-4,7H,6H2,1-2H3. The molecule has 1 aromatic carbocycles. The van der Waals surface area contributed by atoms with Crippen molar-refractivity contribution in [2.24, 2.45) is 0 Å². The third kappa shape index (κ3) is 2.00. The number of hydrogen-bond donors (Lipinski definition) is 0. The molecule has 92 valence electrons. The van der Waals surface area contributed by atoms with Crippen molar-refractivity contribution in [1.82, 2.24) is 0 Å². The van der Waals surface area contributed by atoms with Crippen LogP contribution in [0.25, 0.3) is 11.0 Å². The third-order valence-corrected chi connectivity index (χ3v) is 2.60. The number of furan rings is 1. The van der Waals surface area contributed by atoms with Crippen molar-refractivity contribution in [3.05, 3.63) is 29.5 Å². The molecule has 2 rings (SSSR count). The van der Waals surface area contributed by atoms with Crippen LogP contribution in [-0.2, 0) is 4.74 Å². The maximum Gasteiger partial charge on any atom is 0.375 e. The van der Waals surface area contributed by atoms with Crippen LogP contribution in [0.15, 0.2) is 22.6 Å². The zero-order valence-electron chi connectivity index (χ0n) is 10.0. The Labute approximate surface area is 104 Å². The highest BCUT2D eigenvalue weighted by Gasteiger charge is 2.19. The smallest absolute Gasteiger partial charge is 0.375 e. The Morgan fingerprint density at radius 2 is 2.28 bits per heavy atom. The fraction of sp³-hybridized carbons (Fsp3) is 0.231. The highest BCUT2D eigenvalue weighted by molar-refractivity contribution is 5.96. The summed E-state index contributed by atoms with van der Waals surface area (Å²) in [5, 5.41) is 9.16. The van der Waals surface area contributed by atoms with E-state index in [0.29, 0.717) is 16.9 Å². The number of hydrogen-bond acceptors (Lipinski definition) is 5. The average molecular weight is 245 g/mol. The predicted molar refractivity (Wildman–Crippen MR) is 63.4 cm³/mol. The molecule has 0 unspecified atom stereocenters. The molecule has 0 spiro atoms. The van der Waals surface area contributed by atoms with E-state index < -0.39 is 5.97 Å². The minimum Gasteiger partial charge on any atom is -0.497 e. The Kier molecular flexibility index (Phi) is 3.20. The molecular formula is C13H11NO4. The summed E-state index contributed by atoms with van der Waals surface area (Å²) < 4.78 is 15.2. The molecule has 0 saturated heterocycles. The molecule has 0 amide bonds. The molecule has 0 aliphatic rings. The topological polar surface area (TPSA) is 72.5 Å². The van der Waals surface area contributed by atoms with Crippen molar-refractivity contribution in [1.29, 1.82) is 5.26 Å². The van der Waals surface area contributed by atoms with Gasteiger partial charge in [0.2, 0.25) is 5.76 Å². The molecule has 1 heterocycles. The molecule has 2 aromatic rings. The van der Waals surface area contributed by atoms with Crippen molar-refractivity contribution in [3.8, 4) is 11.8 Å². The molecule has 5 nitrogen and oxygen atoms in total. The Hall–Kier alpha value is -2.48. The molecule has 1 aromatic heterocycles. The zero-order valence-corrected chi connectivity index (χ0v) is 10.0. The van der Waals surface area contributed by atoms with Crippen LogP contribution in [0.3, 0.4) is 0 Å². The Bertz CT molecular complexity index is 636. The summed E-state index contributed by atoms with van der Waals surface area (Å²) in [6.45, 7) is 1.47. The van der Waals surface area contributed by atoms with E-state index >= 15 is 0 Å². The predicted octanol–water partition coefficient (Wildman–Crippen LogP) is 2.43. The summed E-state index contributed by atoms with van der Waals surface area (Å²) in [6.07, 6.45) is 0. The molecular weight excluding hydrogens is 234 g/mol. The molecule has 0 N–H and O–H groups in total. The van der Waals surface area contributed by atoms with E-state index in [1.165, 1.54) is 0 Å². The number of esters is 1. The second-order valence-electron chi connectivity index (χ2n) is 3.65. The number of benzene rings is 1. The Balaban J connectivity index is 2.44. The van der Waals surface area contributed by atoms with Gasteiger partial charge < -0.3 is 13.9 Å². The summed E-state index contributed by atoms with van der Waals surface area (Å²) in [6, 6.07) is 6.99. The van der Waals surface area contributed by atoms with Gasteiger partial charge in [-0.25, -0.2) is 4.79 Å². The lowest BCUT2D eigenvalue weighted by atomic mass is 10.1.